The van der Waals surface area contributed by atoms with Crippen LogP contribution >= 0.6 is 0 Å². The van der Waals surface area contributed by atoms with Crippen LogP contribution in [0.4, 0.5) is 0 Å². The van der Waals surface area contributed by atoms with Crippen LogP contribution in [0.3, 0.4) is 0 Å². The van der Waals surface area contributed by atoms with Crippen LogP contribution in [0.25, 0.3) is 0 Å². The highest BCUT2D eigenvalue weighted by Gasteiger charge is 2.18. The van der Waals surface area contributed by atoms with Crippen molar-refractivity contribution in [2.45, 2.75) is 33.0 Å². The molecule has 3 nitrogen and oxygen atoms in total. The number of benzene rings is 1. The molecule has 0 N–H and O–H groups in total. The SMILES string of the molecule is CCOC(=O)Cc1ccccc1O[Si](C)(C)C. The summed E-state index contributed by atoms with van der Waals surface area (Å²) in [6.45, 7) is 8.58. The number of para-hydroxylation sites is 1. The number of hydrogen-bond acceptors (Lipinski definition) is 3. The molecular formula is C13H20O3Si. The van der Waals surface area contributed by atoms with E-state index in [1.54, 1.807) is 0 Å². The van der Waals surface area contributed by atoms with Gasteiger partial charge in [-0.25, -0.2) is 0 Å². The van der Waals surface area contributed by atoms with Crippen LogP contribution < -0.4 is 4.43 Å². The van der Waals surface area contributed by atoms with Crippen molar-refractivity contribution in [3.63, 3.8) is 0 Å². The van der Waals surface area contributed by atoms with Gasteiger partial charge in [0.05, 0.1) is 13.0 Å². The zero-order chi connectivity index (χ0) is 12.9. The van der Waals surface area contributed by atoms with Crippen molar-refractivity contribution in [3.05, 3.63) is 29.8 Å². The number of carbonyl (C=O) groups is 1. The maximum Gasteiger partial charge on any atom is 0.310 e. The van der Waals surface area contributed by atoms with Gasteiger partial charge in [-0.15, -0.1) is 0 Å². The highest BCUT2D eigenvalue weighted by molar-refractivity contribution is 6.70. The Morgan fingerprint density at radius 2 is 1.88 bits per heavy atom. The first-order chi connectivity index (χ1) is 7.92. The van der Waals surface area contributed by atoms with Gasteiger partial charge in [-0.05, 0) is 32.6 Å². The van der Waals surface area contributed by atoms with E-state index < -0.39 is 8.32 Å². The van der Waals surface area contributed by atoms with Gasteiger partial charge in [-0.1, -0.05) is 18.2 Å². The Hall–Kier alpha value is -1.29. The smallest absolute Gasteiger partial charge is 0.310 e. The van der Waals surface area contributed by atoms with Crippen LogP contribution in [0.15, 0.2) is 24.3 Å². The van der Waals surface area contributed by atoms with Gasteiger partial charge >= 0.3 is 5.97 Å². The molecule has 4 heteroatoms. The predicted octanol–water partition coefficient (Wildman–Crippen LogP) is 3.01. The Balaban J connectivity index is 2.81. The monoisotopic (exact) mass is 252 g/mol. The molecule has 1 aromatic rings. The Morgan fingerprint density at radius 3 is 2.47 bits per heavy atom. The van der Waals surface area contributed by atoms with Crippen molar-refractivity contribution in [2.75, 3.05) is 6.61 Å². The van der Waals surface area contributed by atoms with E-state index in [-0.39, 0.29) is 12.4 Å². The zero-order valence-corrected chi connectivity index (χ0v) is 11.9. The van der Waals surface area contributed by atoms with Crippen molar-refractivity contribution in [1.82, 2.24) is 0 Å². The standard InChI is InChI=1S/C13H20O3Si/c1-5-15-13(14)10-11-8-6-7-9-12(11)16-17(2,3)4/h6-9H,5,10H2,1-4H3. The maximum absolute atomic E-state index is 11.5. The molecule has 0 atom stereocenters. The minimum atomic E-state index is -1.65. The molecule has 0 amide bonds. The van der Waals surface area contributed by atoms with Crippen LogP contribution in [0.5, 0.6) is 5.75 Å². The van der Waals surface area contributed by atoms with E-state index in [0.717, 1.165) is 11.3 Å². The van der Waals surface area contributed by atoms with Gasteiger partial charge in [0, 0.05) is 5.56 Å². The largest absolute Gasteiger partial charge is 0.544 e. The minimum Gasteiger partial charge on any atom is -0.544 e. The van der Waals surface area contributed by atoms with Crippen LogP contribution in [-0.4, -0.2) is 20.9 Å². The zero-order valence-electron chi connectivity index (χ0n) is 10.9. The molecule has 0 aliphatic rings. The summed E-state index contributed by atoms with van der Waals surface area (Å²) in [6, 6.07) is 7.65. The van der Waals surface area contributed by atoms with E-state index in [1.165, 1.54) is 0 Å². The number of carbonyl (C=O) groups excluding carboxylic acids is 1. The van der Waals surface area contributed by atoms with E-state index in [1.807, 2.05) is 31.2 Å². The van der Waals surface area contributed by atoms with Crippen LogP contribution in [0, 0.1) is 0 Å². The van der Waals surface area contributed by atoms with Crippen molar-refractivity contribution in [2.24, 2.45) is 0 Å². The highest BCUT2D eigenvalue weighted by Crippen LogP contribution is 2.22. The average Bonchev–Trinajstić information content (AvgIpc) is 2.19. The summed E-state index contributed by atoms with van der Waals surface area (Å²) in [4.78, 5) is 11.5. The lowest BCUT2D eigenvalue weighted by atomic mass is 10.1. The summed E-state index contributed by atoms with van der Waals surface area (Å²) in [6.07, 6.45) is 0.272. The highest BCUT2D eigenvalue weighted by atomic mass is 28.4. The first kappa shape index (κ1) is 13.8. The number of hydrogen-bond donors (Lipinski definition) is 0. The molecule has 0 fully saturated rings. The van der Waals surface area contributed by atoms with E-state index in [2.05, 4.69) is 19.6 Å². The molecule has 0 saturated carbocycles. The Bertz CT molecular complexity index is 382. The third-order valence-corrected chi connectivity index (χ3v) is 2.86. The Morgan fingerprint density at radius 1 is 1.24 bits per heavy atom. The molecule has 1 rings (SSSR count). The molecule has 0 bridgehead atoms. The van der Waals surface area contributed by atoms with Crippen LogP contribution in [0.2, 0.25) is 19.6 Å². The van der Waals surface area contributed by atoms with Gasteiger partial charge in [-0.2, -0.15) is 0 Å². The molecule has 0 aliphatic heterocycles. The number of esters is 1. The summed E-state index contributed by atoms with van der Waals surface area (Å²) in [5.41, 5.74) is 0.897. The van der Waals surface area contributed by atoms with Gasteiger partial charge in [-0.3, -0.25) is 4.79 Å². The number of rotatable bonds is 5. The molecular weight excluding hydrogens is 232 g/mol. The molecule has 94 valence electrons. The molecule has 0 aliphatic carbocycles. The fraction of sp³-hybridized carbons (Fsp3) is 0.462. The van der Waals surface area contributed by atoms with Crippen molar-refractivity contribution in [3.8, 4) is 5.75 Å². The molecule has 0 aromatic heterocycles. The topological polar surface area (TPSA) is 35.5 Å². The van der Waals surface area contributed by atoms with E-state index in [9.17, 15) is 4.79 Å². The third kappa shape index (κ3) is 5.04. The third-order valence-electron chi connectivity index (χ3n) is 2.03. The lowest BCUT2D eigenvalue weighted by molar-refractivity contribution is -0.142. The van der Waals surface area contributed by atoms with Crippen molar-refractivity contribution in [1.29, 1.82) is 0 Å². The molecule has 0 saturated heterocycles. The Labute approximate surface area is 104 Å². The molecule has 0 heterocycles. The molecule has 17 heavy (non-hydrogen) atoms. The quantitative estimate of drug-likeness (QED) is 0.597. The normalized spacial score (nSPS) is 11.1. The number of ether oxygens (including phenoxy) is 1. The van der Waals surface area contributed by atoms with Gasteiger partial charge in [0.15, 0.2) is 0 Å². The molecule has 0 spiro atoms. The first-order valence-corrected chi connectivity index (χ1v) is 9.25. The second kappa shape index (κ2) is 5.86. The van der Waals surface area contributed by atoms with Gasteiger partial charge in [0.25, 0.3) is 0 Å². The summed E-state index contributed by atoms with van der Waals surface area (Å²) < 4.78 is 10.9. The summed E-state index contributed by atoms with van der Waals surface area (Å²) in [7, 11) is -1.65. The summed E-state index contributed by atoms with van der Waals surface area (Å²) in [5, 5.41) is 0. The molecule has 0 unspecified atom stereocenters. The maximum atomic E-state index is 11.5. The van der Waals surface area contributed by atoms with Gasteiger partial charge < -0.3 is 9.16 Å². The van der Waals surface area contributed by atoms with Crippen LogP contribution in [-0.2, 0) is 16.0 Å². The fourth-order valence-corrected chi connectivity index (χ4v) is 2.31. The minimum absolute atomic E-state index is 0.209. The average molecular weight is 252 g/mol. The summed E-state index contributed by atoms with van der Waals surface area (Å²) >= 11 is 0. The van der Waals surface area contributed by atoms with E-state index >= 15 is 0 Å². The first-order valence-electron chi connectivity index (χ1n) is 5.85. The lowest BCUT2D eigenvalue weighted by Crippen LogP contribution is -2.30. The van der Waals surface area contributed by atoms with Crippen LogP contribution in [0.1, 0.15) is 12.5 Å². The van der Waals surface area contributed by atoms with Gasteiger partial charge in [0.2, 0.25) is 8.32 Å². The summed E-state index contributed by atoms with van der Waals surface area (Å²) in [5.74, 6) is 0.596. The predicted molar refractivity (Wildman–Crippen MR) is 70.8 cm³/mol. The fourth-order valence-electron chi connectivity index (χ4n) is 1.45. The van der Waals surface area contributed by atoms with Crippen molar-refractivity contribution < 1.29 is 14.0 Å². The Kier molecular flexibility index (Phi) is 4.75. The van der Waals surface area contributed by atoms with Crippen molar-refractivity contribution >= 4 is 14.3 Å². The van der Waals surface area contributed by atoms with E-state index in [4.69, 9.17) is 9.16 Å². The second-order valence-corrected chi connectivity index (χ2v) is 9.23. The lowest BCUT2D eigenvalue weighted by Gasteiger charge is -2.21. The molecule has 1 aromatic carbocycles. The van der Waals surface area contributed by atoms with Gasteiger partial charge in [0.1, 0.15) is 5.75 Å². The molecule has 0 radical (unpaired) electrons. The van der Waals surface area contributed by atoms with E-state index in [0.29, 0.717) is 6.61 Å². The second-order valence-electron chi connectivity index (χ2n) is 4.80.